The molecular weight excluding hydrogens is 300 g/mol. The van der Waals surface area contributed by atoms with Gasteiger partial charge >= 0.3 is 0 Å². The zero-order valence-corrected chi connectivity index (χ0v) is 14.3. The summed E-state index contributed by atoms with van der Waals surface area (Å²) in [6.07, 6.45) is 7.27. The molecule has 0 spiro atoms. The van der Waals surface area contributed by atoms with Crippen LogP contribution in [0.15, 0.2) is 24.3 Å². The predicted octanol–water partition coefficient (Wildman–Crippen LogP) is 2.90. The highest BCUT2D eigenvalue weighted by atomic mass is 16.2. The van der Waals surface area contributed by atoms with Gasteiger partial charge in [-0.3, -0.25) is 20.4 Å². The van der Waals surface area contributed by atoms with Crippen LogP contribution in [-0.4, -0.2) is 11.8 Å². The molecule has 1 aromatic carbocycles. The van der Waals surface area contributed by atoms with Crippen molar-refractivity contribution in [3.05, 3.63) is 35.4 Å². The second-order valence-electron chi connectivity index (χ2n) is 8.36. The Hall–Kier alpha value is -1.84. The van der Waals surface area contributed by atoms with Crippen molar-refractivity contribution in [2.45, 2.75) is 51.9 Å². The van der Waals surface area contributed by atoms with Crippen molar-refractivity contribution in [3.63, 3.8) is 0 Å². The third-order valence-electron chi connectivity index (χ3n) is 6.32. The average Bonchev–Trinajstić information content (AvgIpc) is 2.53. The van der Waals surface area contributed by atoms with Crippen molar-refractivity contribution in [3.8, 4) is 0 Å². The summed E-state index contributed by atoms with van der Waals surface area (Å²) in [7, 11) is 0. The van der Waals surface area contributed by atoms with E-state index >= 15 is 0 Å². The van der Waals surface area contributed by atoms with E-state index < -0.39 is 0 Å². The van der Waals surface area contributed by atoms with Gasteiger partial charge in [0.05, 0.1) is 11.8 Å². The molecule has 0 unspecified atom stereocenters. The fourth-order valence-electron chi connectivity index (χ4n) is 5.58. The molecule has 4 aliphatic carbocycles. The quantitative estimate of drug-likeness (QED) is 0.839. The fraction of sp³-hybridized carbons (Fsp3) is 0.600. The molecule has 4 nitrogen and oxygen atoms in total. The molecule has 0 saturated heterocycles. The molecule has 4 heteroatoms. The number of carbonyl (C=O) groups excluding carboxylic acids is 2. The number of amides is 2. The molecule has 128 valence electrons. The smallest absolute Gasteiger partial charge is 0.244 e. The van der Waals surface area contributed by atoms with Crippen LogP contribution in [-0.2, 0) is 16.0 Å². The minimum absolute atomic E-state index is 0.0406. The maximum absolute atomic E-state index is 12.8. The molecule has 4 saturated carbocycles. The van der Waals surface area contributed by atoms with Crippen molar-refractivity contribution in [1.29, 1.82) is 0 Å². The SMILES string of the molecule is Cc1ccc(CC(=O)NNC(=O)C23CC4CC(CC(C4)C2)C3)cc1. The standard InChI is InChI=1S/C20H26N2O2/c1-13-2-4-14(5-3-13)9-18(23)21-22-19(24)20-10-15-6-16(11-20)8-17(7-15)12-20/h2-5,15-17H,6-12H2,1H3,(H,21,23)(H,22,24). The summed E-state index contributed by atoms with van der Waals surface area (Å²) in [5.74, 6) is 2.07. The first-order chi connectivity index (χ1) is 11.5. The Labute approximate surface area is 143 Å². The predicted molar refractivity (Wildman–Crippen MR) is 91.8 cm³/mol. The molecule has 4 aliphatic rings. The van der Waals surface area contributed by atoms with Crippen molar-refractivity contribution >= 4 is 11.8 Å². The van der Waals surface area contributed by atoms with Gasteiger partial charge in [-0.15, -0.1) is 0 Å². The van der Waals surface area contributed by atoms with Crippen LogP contribution in [0.3, 0.4) is 0 Å². The number of rotatable bonds is 3. The number of hydrogen-bond donors (Lipinski definition) is 2. The summed E-state index contributed by atoms with van der Waals surface area (Å²) in [5, 5.41) is 0. The van der Waals surface area contributed by atoms with E-state index in [2.05, 4.69) is 10.9 Å². The number of benzene rings is 1. The first kappa shape index (κ1) is 15.7. The summed E-state index contributed by atoms with van der Waals surface area (Å²) in [4.78, 5) is 24.9. The lowest BCUT2D eigenvalue weighted by Crippen LogP contribution is -2.56. The molecule has 4 bridgehead atoms. The minimum atomic E-state index is -0.216. The van der Waals surface area contributed by atoms with Gasteiger partial charge < -0.3 is 0 Å². The summed E-state index contributed by atoms with van der Waals surface area (Å²) in [6.45, 7) is 2.02. The second-order valence-corrected chi connectivity index (χ2v) is 8.36. The number of hydrogen-bond acceptors (Lipinski definition) is 2. The van der Waals surface area contributed by atoms with E-state index in [1.54, 1.807) is 0 Å². The van der Waals surface area contributed by atoms with Gasteiger partial charge in [0.2, 0.25) is 11.8 Å². The van der Waals surface area contributed by atoms with Crippen molar-refractivity contribution < 1.29 is 9.59 Å². The van der Waals surface area contributed by atoms with Gasteiger partial charge in [0, 0.05) is 0 Å². The normalized spacial score (nSPS) is 33.3. The highest BCUT2D eigenvalue weighted by Crippen LogP contribution is 2.59. The highest BCUT2D eigenvalue weighted by molar-refractivity contribution is 5.86. The maximum Gasteiger partial charge on any atom is 0.244 e. The van der Waals surface area contributed by atoms with Crippen LogP contribution in [0.2, 0.25) is 0 Å². The molecule has 1 aromatic rings. The molecule has 4 fully saturated rings. The molecule has 24 heavy (non-hydrogen) atoms. The monoisotopic (exact) mass is 326 g/mol. The van der Waals surface area contributed by atoms with Crippen LogP contribution in [0.25, 0.3) is 0 Å². The lowest BCUT2D eigenvalue weighted by atomic mass is 9.49. The average molecular weight is 326 g/mol. The number of carbonyl (C=O) groups is 2. The van der Waals surface area contributed by atoms with E-state index in [1.165, 1.54) is 24.8 Å². The molecule has 0 radical (unpaired) electrons. The molecule has 0 heterocycles. The third-order valence-corrected chi connectivity index (χ3v) is 6.32. The van der Waals surface area contributed by atoms with Crippen LogP contribution in [0.4, 0.5) is 0 Å². The number of aryl methyl sites for hydroxylation is 1. The zero-order chi connectivity index (χ0) is 16.7. The molecule has 5 rings (SSSR count). The highest BCUT2D eigenvalue weighted by Gasteiger charge is 2.54. The van der Waals surface area contributed by atoms with Gasteiger partial charge in [0.25, 0.3) is 0 Å². The van der Waals surface area contributed by atoms with Crippen LogP contribution < -0.4 is 10.9 Å². The largest absolute Gasteiger partial charge is 0.273 e. The molecule has 0 aliphatic heterocycles. The van der Waals surface area contributed by atoms with Crippen molar-refractivity contribution in [2.75, 3.05) is 0 Å². The van der Waals surface area contributed by atoms with Crippen LogP contribution in [0.1, 0.15) is 49.7 Å². The first-order valence-electron chi connectivity index (χ1n) is 9.17. The Morgan fingerprint density at radius 1 is 0.958 bits per heavy atom. The fourth-order valence-corrected chi connectivity index (χ4v) is 5.58. The van der Waals surface area contributed by atoms with E-state index in [-0.39, 0.29) is 17.2 Å². The van der Waals surface area contributed by atoms with E-state index in [9.17, 15) is 9.59 Å². The van der Waals surface area contributed by atoms with Crippen LogP contribution in [0, 0.1) is 30.1 Å². The summed E-state index contributed by atoms with van der Waals surface area (Å²) in [5.41, 5.74) is 7.28. The van der Waals surface area contributed by atoms with Gasteiger partial charge in [-0.2, -0.15) is 0 Å². The summed E-state index contributed by atoms with van der Waals surface area (Å²) < 4.78 is 0. The lowest BCUT2D eigenvalue weighted by Gasteiger charge is -2.55. The lowest BCUT2D eigenvalue weighted by molar-refractivity contribution is -0.148. The minimum Gasteiger partial charge on any atom is -0.273 e. The topological polar surface area (TPSA) is 58.2 Å². The summed E-state index contributed by atoms with van der Waals surface area (Å²) in [6, 6.07) is 7.90. The Balaban J connectivity index is 1.33. The van der Waals surface area contributed by atoms with E-state index in [0.717, 1.165) is 42.6 Å². The van der Waals surface area contributed by atoms with E-state index in [4.69, 9.17) is 0 Å². The zero-order valence-electron chi connectivity index (χ0n) is 14.3. The van der Waals surface area contributed by atoms with E-state index in [1.807, 2.05) is 31.2 Å². The molecule has 2 amide bonds. The summed E-state index contributed by atoms with van der Waals surface area (Å²) >= 11 is 0. The van der Waals surface area contributed by atoms with Crippen LogP contribution in [0.5, 0.6) is 0 Å². The van der Waals surface area contributed by atoms with Gasteiger partial charge in [0.15, 0.2) is 0 Å². The maximum atomic E-state index is 12.8. The molecular formula is C20H26N2O2. The number of hydrazine groups is 1. The Morgan fingerprint density at radius 2 is 1.50 bits per heavy atom. The molecule has 0 atom stereocenters. The van der Waals surface area contributed by atoms with Gasteiger partial charge in [-0.05, 0) is 68.8 Å². The van der Waals surface area contributed by atoms with Gasteiger partial charge in [-0.25, -0.2) is 0 Å². The third kappa shape index (κ3) is 2.94. The van der Waals surface area contributed by atoms with Crippen LogP contribution >= 0.6 is 0 Å². The second kappa shape index (κ2) is 5.91. The number of nitrogens with one attached hydrogen (secondary N) is 2. The molecule has 0 aromatic heterocycles. The van der Waals surface area contributed by atoms with Crippen molar-refractivity contribution in [2.24, 2.45) is 23.2 Å². The van der Waals surface area contributed by atoms with Crippen molar-refractivity contribution in [1.82, 2.24) is 10.9 Å². The Bertz CT molecular complexity index is 615. The molecule has 2 N–H and O–H groups in total. The van der Waals surface area contributed by atoms with Gasteiger partial charge in [-0.1, -0.05) is 29.8 Å². The Morgan fingerprint density at radius 3 is 2.04 bits per heavy atom. The van der Waals surface area contributed by atoms with Gasteiger partial charge in [0.1, 0.15) is 0 Å². The first-order valence-corrected chi connectivity index (χ1v) is 9.17. The Kier molecular flexibility index (Phi) is 3.86. The van der Waals surface area contributed by atoms with E-state index in [0.29, 0.717) is 6.42 Å².